The Bertz CT molecular complexity index is 634. The zero-order valence-electron chi connectivity index (χ0n) is 16.3. The van der Waals surface area contributed by atoms with Gasteiger partial charge in [-0.25, -0.2) is 0 Å². The molecule has 2 saturated heterocycles. The number of hydrogen-bond donors (Lipinski definition) is 0. The molecule has 5 rings (SSSR count). The van der Waals surface area contributed by atoms with Crippen LogP contribution in [0.1, 0.15) is 31.2 Å². The third-order valence-corrected chi connectivity index (χ3v) is 6.84. The lowest BCUT2D eigenvalue weighted by atomic mass is 10.1. The first-order valence-electron chi connectivity index (χ1n) is 10.8. The molecule has 0 bridgehead atoms. The molecule has 0 amide bonds. The van der Waals surface area contributed by atoms with Gasteiger partial charge in [0.15, 0.2) is 11.5 Å². The molecule has 27 heavy (non-hydrogen) atoms. The second kappa shape index (κ2) is 7.98. The quantitative estimate of drug-likeness (QED) is 0.656. The third kappa shape index (κ3) is 3.96. The fourth-order valence-electron chi connectivity index (χ4n) is 5.26. The molecule has 0 N–H and O–H groups in total. The van der Waals surface area contributed by atoms with Gasteiger partial charge in [0.2, 0.25) is 6.79 Å². The van der Waals surface area contributed by atoms with E-state index in [1.165, 1.54) is 64.0 Å². The molecule has 1 saturated carbocycles. The van der Waals surface area contributed by atoms with Crippen LogP contribution in [0, 0.1) is 17.8 Å². The Morgan fingerprint density at radius 2 is 1.85 bits per heavy atom. The van der Waals surface area contributed by atoms with Gasteiger partial charge < -0.3 is 19.1 Å². The minimum atomic E-state index is 0.356. The number of benzene rings is 1. The zero-order valence-corrected chi connectivity index (χ0v) is 16.3. The van der Waals surface area contributed by atoms with Crippen molar-refractivity contribution in [2.75, 3.05) is 52.7 Å². The topological polar surface area (TPSA) is 34.2 Å². The van der Waals surface area contributed by atoms with Crippen LogP contribution in [0.25, 0.3) is 0 Å². The normalized spacial score (nSPS) is 29.9. The van der Waals surface area contributed by atoms with Gasteiger partial charge in [0.1, 0.15) is 0 Å². The van der Waals surface area contributed by atoms with Crippen molar-refractivity contribution < 1.29 is 14.2 Å². The van der Waals surface area contributed by atoms with Gasteiger partial charge in [-0.15, -0.1) is 0 Å². The van der Waals surface area contributed by atoms with Crippen molar-refractivity contribution in [3.05, 3.63) is 23.8 Å². The van der Waals surface area contributed by atoms with Crippen LogP contribution in [0.15, 0.2) is 18.2 Å². The Morgan fingerprint density at radius 3 is 2.70 bits per heavy atom. The predicted molar refractivity (Wildman–Crippen MR) is 104 cm³/mol. The molecule has 1 aromatic rings. The molecule has 0 spiro atoms. The number of para-hydroxylation sites is 1. The summed E-state index contributed by atoms with van der Waals surface area (Å²) in [7, 11) is 0. The number of ether oxygens (including phenoxy) is 3. The molecule has 3 aliphatic heterocycles. The van der Waals surface area contributed by atoms with Gasteiger partial charge >= 0.3 is 0 Å². The van der Waals surface area contributed by atoms with E-state index < -0.39 is 0 Å². The average molecular weight is 373 g/mol. The van der Waals surface area contributed by atoms with E-state index in [1.54, 1.807) is 0 Å². The maximum atomic E-state index is 6.02. The molecule has 4 aliphatic rings. The number of piperidine rings is 2. The van der Waals surface area contributed by atoms with Gasteiger partial charge in [-0.1, -0.05) is 18.6 Å². The first-order chi connectivity index (χ1) is 13.4. The maximum absolute atomic E-state index is 6.02. The molecule has 5 heteroatoms. The highest BCUT2D eigenvalue weighted by Gasteiger charge is 2.55. The summed E-state index contributed by atoms with van der Waals surface area (Å²) in [5, 5.41) is 0. The second-order valence-corrected chi connectivity index (χ2v) is 8.67. The van der Waals surface area contributed by atoms with E-state index in [0.717, 1.165) is 49.0 Å². The lowest BCUT2D eigenvalue weighted by Gasteiger charge is -2.26. The molecule has 0 radical (unpaired) electrons. The van der Waals surface area contributed by atoms with Crippen LogP contribution in [-0.4, -0.2) is 62.5 Å². The van der Waals surface area contributed by atoms with Crippen LogP contribution in [0.4, 0.5) is 0 Å². The Hall–Kier alpha value is -1.30. The average Bonchev–Trinajstić information content (AvgIpc) is 3.08. The first-order valence-corrected chi connectivity index (χ1v) is 10.8. The van der Waals surface area contributed by atoms with Crippen LogP contribution < -0.4 is 9.47 Å². The molecule has 3 heterocycles. The molecule has 3 fully saturated rings. The SMILES string of the molecule is c1cc(CN2CC3C(COCCCN4CCCCC4)C3C2)c2c(c1)OCO2. The van der Waals surface area contributed by atoms with Crippen LogP contribution >= 0.6 is 0 Å². The maximum Gasteiger partial charge on any atom is 0.231 e. The van der Waals surface area contributed by atoms with E-state index in [1.807, 2.05) is 6.07 Å². The van der Waals surface area contributed by atoms with Gasteiger partial charge in [-0.05, 0) is 56.2 Å². The van der Waals surface area contributed by atoms with Gasteiger partial charge in [0.25, 0.3) is 0 Å². The van der Waals surface area contributed by atoms with Crippen molar-refractivity contribution in [3.8, 4) is 11.5 Å². The van der Waals surface area contributed by atoms with Crippen molar-refractivity contribution in [2.24, 2.45) is 17.8 Å². The minimum Gasteiger partial charge on any atom is -0.454 e. The number of fused-ring (bicyclic) bond motifs is 2. The third-order valence-electron chi connectivity index (χ3n) is 6.84. The minimum absolute atomic E-state index is 0.356. The van der Waals surface area contributed by atoms with Crippen molar-refractivity contribution in [2.45, 2.75) is 32.2 Å². The molecule has 2 unspecified atom stereocenters. The summed E-state index contributed by atoms with van der Waals surface area (Å²) in [6.07, 6.45) is 5.37. The first kappa shape index (κ1) is 17.8. The van der Waals surface area contributed by atoms with Crippen LogP contribution in [0.3, 0.4) is 0 Å². The van der Waals surface area contributed by atoms with Crippen LogP contribution in [-0.2, 0) is 11.3 Å². The van der Waals surface area contributed by atoms with E-state index in [9.17, 15) is 0 Å². The highest BCUT2D eigenvalue weighted by molar-refractivity contribution is 5.48. The summed E-state index contributed by atoms with van der Waals surface area (Å²) in [6.45, 7) is 9.46. The fraction of sp³-hybridized carbons (Fsp3) is 0.727. The highest BCUT2D eigenvalue weighted by Crippen LogP contribution is 2.52. The Labute approximate surface area is 162 Å². The molecule has 5 nitrogen and oxygen atoms in total. The number of hydrogen-bond acceptors (Lipinski definition) is 5. The lowest BCUT2D eigenvalue weighted by Crippen LogP contribution is -2.31. The van der Waals surface area contributed by atoms with Crippen molar-refractivity contribution in [1.29, 1.82) is 0 Å². The van der Waals surface area contributed by atoms with E-state index in [0.29, 0.717) is 6.79 Å². The van der Waals surface area contributed by atoms with Crippen molar-refractivity contribution in [3.63, 3.8) is 0 Å². The lowest BCUT2D eigenvalue weighted by molar-refractivity contribution is 0.0966. The number of likely N-dealkylation sites (tertiary alicyclic amines) is 2. The summed E-state index contributed by atoms with van der Waals surface area (Å²) in [5.74, 6) is 4.35. The standard InChI is InChI=1S/C22H32N2O3/c1-2-8-23(9-3-1)10-5-11-25-15-20-18-13-24(14-19(18)20)12-17-6-4-7-21-22(17)27-16-26-21/h4,6-7,18-20H,1-3,5,8-16H2. The van der Waals surface area contributed by atoms with Crippen LogP contribution in [0.2, 0.25) is 0 Å². The number of rotatable bonds is 8. The van der Waals surface area contributed by atoms with Crippen molar-refractivity contribution in [1.82, 2.24) is 9.80 Å². The Morgan fingerprint density at radius 1 is 1.00 bits per heavy atom. The summed E-state index contributed by atoms with van der Waals surface area (Å²) < 4.78 is 17.2. The summed E-state index contributed by atoms with van der Waals surface area (Å²) in [4.78, 5) is 5.17. The van der Waals surface area contributed by atoms with E-state index in [4.69, 9.17) is 14.2 Å². The van der Waals surface area contributed by atoms with Gasteiger partial charge in [0, 0.05) is 38.3 Å². The van der Waals surface area contributed by atoms with Crippen LogP contribution in [0.5, 0.6) is 11.5 Å². The van der Waals surface area contributed by atoms with Gasteiger partial charge in [-0.3, -0.25) is 4.90 Å². The van der Waals surface area contributed by atoms with Crippen molar-refractivity contribution >= 4 is 0 Å². The molecule has 2 atom stereocenters. The predicted octanol–water partition coefficient (Wildman–Crippen LogP) is 2.99. The molecule has 0 aromatic heterocycles. The highest BCUT2D eigenvalue weighted by atomic mass is 16.7. The zero-order chi connectivity index (χ0) is 18.1. The Balaban J connectivity index is 0.990. The van der Waals surface area contributed by atoms with Gasteiger partial charge in [-0.2, -0.15) is 0 Å². The van der Waals surface area contributed by atoms with E-state index >= 15 is 0 Å². The van der Waals surface area contributed by atoms with Gasteiger partial charge in [0.05, 0.1) is 6.61 Å². The number of nitrogens with zero attached hydrogens (tertiary/aromatic N) is 2. The molecular formula is C22H32N2O3. The smallest absolute Gasteiger partial charge is 0.231 e. The fourth-order valence-corrected chi connectivity index (χ4v) is 5.26. The molecule has 1 aliphatic carbocycles. The molecule has 148 valence electrons. The second-order valence-electron chi connectivity index (χ2n) is 8.67. The van der Waals surface area contributed by atoms with E-state index in [2.05, 4.69) is 21.9 Å². The van der Waals surface area contributed by atoms with E-state index in [-0.39, 0.29) is 0 Å². The monoisotopic (exact) mass is 372 g/mol. The molecular weight excluding hydrogens is 340 g/mol. The largest absolute Gasteiger partial charge is 0.454 e. The summed E-state index contributed by atoms with van der Waals surface area (Å²) >= 11 is 0. The Kier molecular flexibility index (Phi) is 5.25. The summed E-state index contributed by atoms with van der Waals surface area (Å²) in [5.41, 5.74) is 1.26. The molecule has 1 aromatic carbocycles. The summed E-state index contributed by atoms with van der Waals surface area (Å²) in [6, 6.07) is 6.23.